The molecule has 1 aromatic carbocycles. The molecule has 1 atom stereocenters. The highest BCUT2D eigenvalue weighted by Crippen LogP contribution is 2.20. The van der Waals surface area contributed by atoms with Gasteiger partial charge in [-0.25, -0.2) is 4.79 Å². The molecule has 124 valence electrons. The molecule has 1 saturated carbocycles. The monoisotopic (exact) mass is 316 g/mol. The molecule has 0 spiro atoms. The van der Waals surface area contributed by atoms with Crippen molar-refractivity contribution in [1.29, 1.82) is 0 Å². The van der Waals surface area contributed by atoms with Crippen molar-refractivity contribution in [3.63, 3.8) is 0 Å². The fraction of sp³-hybridized carbons (Fsp3) is 0.529. The number of likely N-dealkylation sites (tertiary alicyclic amines) is 1. The Morgan fingerprint density at radius 3 is 2.74 bits per heavy atom. The average Bonchev–Trinajstić information content (AvgIpc) is 3.38. The molecule has 1 unspecified atom stereocenters. The molecule has 1 saturated heterocycles. The van der Waals surface area contributed by atoms with E-state index in [9.17, 15) is 9.59 Å². The van der Waals surface area contributed by atoms with Gasteiger partial charge >= 0.3 is 6.03 Å². The molecule has 3 rings (SSSR count). The molecule has 6 nitrogen and oxygen atoms in total. The Morgan fingerprint density at radius 1 is 1.17 bits per heavy atom. The van der Waals surface area contributed by atoms with Crippen LogP contribution in [0.2, 0.25) is 0 Å². The number of carbonyl (C=O) groups is 2. The number of hydrogen-bond acceptors (Lipinski definition) is 3. The summed E-state index contributed by atoms with van der Waals surface area (Å²) in [6, 6.07) is 7.62. The minimum Gasteiger partial charge on any atom is -0.337 e. The molecule has 1 aromatic rings. The van der Waals surface area contributed by atoms with Gasteiger partial charge in [-0.15, -0.1) is 0 Å². The number of urea groups is 1. The van der Waals surface area contributed by atoms with Gasteiger partial charge in [-0.1, -0.05) is 6.07 Å². The quantitative estimate of drug-likeness (QED) is 0.793. The van der Waals surface area contributed by atoms with Crippen molar-refractivity contribution < 1.29 is 9.59 Å². The van der Waals surface area contributed by atoms with Crippen LogP contribution in [0.15, 0.2) is 24.3 Å². The van der Waals surface area contributed by atoms with E-state index in [1.807, 2.05) is 11.9 Å². The Morgan fingerprint density at radius 2 is 2.00 bits per heavy atom. The maximum absolute atomic E-state index is 12.7. The standard InChI is InChI=1S/C17H24N4O2/c1-18-15-6-3-9-21(11-15)16(22)12-4-2-5-14(10-12)20-17(23)19-13-7-8-13/h2,4-5,10,13,15,18H,3,6-9,11H2,1H3,(H2,19,20,23). The molecule has 2 aliphatic rings. The summed E-state index contributed by atoms with van der Waals surface area (Å²) in [7, 11) is 1.93. The van der Waals surface area contributed by atoms with Crippen molar-refractivity contribution in [1.82, 2.24) is 15.5 Å². The van der Waals surface area contributed by atoms with E-state index in [4.69, 9.17) is 0 Å². The third-order valence-corrected chi connectivity index (χ3v) is 4.40. The fourth-order valence-electron chi connectivity index (χ4n) is 2.89. The van der Waals surface area contributed by atoms with E-state index >= 15 is 0 Å². The van der Waals surface area contributed by atoms with Crippen LogP contribution >= 0.6 is 0 Å². The number of rotatable bonds is 4. The molecule has 6 heteroatoms. The second kappa shape index (κ2) is 7.00. The van der Waals surface area contributed by atoms with Gasteiger partial charge in [0.25, 0.3) is 5.91 Å². The number of amides is 3. The van der Waals surface area contributed by atoms with Gasteiger partial charge in [0.15, 0.2) is 0 Å². The molecular formula is C17H24N4O2. The van der Waals surface area contributed by atoms with Gasteiger partial charge < -0.3 is 20.9 Å². The summed E-state index contributed by atoms with van der Waals surface area (Å²) in [6.07, 6.45) is 4.21. The number of likely N-dealkylation sites (N-methyl/N-ethyl adjacent to an activating group) is 1. The van der Waals surface area contributed by atoms with Crippen LogP contribution in [0.1, 0.15) is 36.0 Å². The van der Waals surface area contributed by atoms with Gasteiger partial charge in [0.05, 0.1) is 0 Å². The predicted molar refractivity (Wildman–Crippen MR) is 89.6 cm³/mol. The SMILES string of the molecule is CNC1CCCN(C(=O)c2cccc(NC(=O)NC3CC3)c2)C1. The van der Waals surface area contributed by atoms with Gasteiger partial charge in [0, 0.05) is 36.4 Å². The number of anilines is 1. The number of nitrogens with one attached hydrogen (secondary N) is 3. The van der Waals surface area contributed by atoms with E-state index in [-0.39, 0.29) is 11.9 Å². The third-order valence-electron chi connectivity index (χ3n) is 4.40. The highest BCUT2D eigenvalue weighted by atomic mass is 16.2. The maximum atomic E-state index is 12.7. The maximum Gasteiger partial charge on any atom is 0.319 e. The first-order valence-corrected chi connectivity index (χ1v) is 8.30. The first-order valence-electron chi connectivity index (χ1n) is 8.30. The number of carbonyl (C=O) groups excluding carboxylic acids is 2. The van der Waals surface area contributed by atoms with Crippen LogP contribution in [-0.4, -0.2) is 49.1 Å². The first kappa shape index (κ1) is 15.8. The Hall–Kier alpha value is -2.08. The summed E-state index contributed by atoms with van der Waals surface area (Å²) in [5.41, 5.74) is 1.27. The zero-order valence-corrected chi connectivity index (χ0v) is 13.5. The largest absolute Gasteiger partial charge is 0.337 e. The van der Waals surface area contributed by atoms with Gasteiger partial charge in [-0.2, -0.15) is 0 Å². The van der Waals surface area contributed by atoms with E-state index in [0.717, 1.165) is 38.8 Å². The highest BCUT2D eigenvalue weighted by molar-refractivity contribution is 5.97. The zero-order valence-electron chi connectivity index (χ0n) is 13.5. The fourth-order valence-corrected chi connectivity index (χ4v) is 2.89. The predicted octanol–water partition coefficient (Wildman–Crippen LogP) is 1.79. The lowest BCUT2D eigenvalue weighted by molar-refractivity contribution is 0.0698. The Balaban J connectivity index is 1.63. The smallest absolute Gasteiger partial charge is 0.319 e. The normalized spacial score (nSPS) is 20.9. The van der Waals surface area contributed by atoms with Gasteiger partial charge in [0.2, 0.25) is 0 Å². The van der Waals surface area contributed by atoms with Crippen molar-refractivity contribution in [3.8, 4) is 0 Å². The number of benzene rings is 1. The van der Waals surface area contributed by atoms with E-state index in [1.165, 1.54) is 0 Å². The van der Waals surface area contributed by atoms with Crippen molar-refractivity contribution in [2.24, 2.45) is 0 Å². The van der Waals surface area contributed by atoms with Crippen molar-refractivity contribution >= 4 is 17.6 Å². The Labute approximate surface area is 136 Å². The zero-order chi connectivity index (χ0) is 16.2. The molecular weight excluding hydrogens is 292 g/mol. The third kappa shape index (κ3) is 4.22. The molecule has 3 N–H and O–H groups in total. The van der Waals surface area contributed by atoms with Crippen LogP contribution in [0.4, 0.5) is 10.5 Å². The summed E-state index contributed by atoms with van der Waals surface area (Å²) in [6.45, 7) is 1.52. The highest BCUT2D eigenvalue weighted by Gasteiger charge is 2.25. The molecule has 2 fully saturated rings. The second-order valence-corrected chi connectivity index (χ2v) is 6.33. The van der Waals surface area contributed by atoms with Gasteiger partial charge in [-0.05, 0) is 50.9 Å². The number of piperidine rings is 1. The summed E-state index contributed by atoms with van der Waals surface area (Å²) >= 11 is 0. The van der Waals surface area contributed by atoms with E-state index in [2.05, 4.69) is 16.0 Å². The van der Waals surface area contributed by atoms with Crippen molar-refractivity contribution in [2.75, 3.05) is 25.5 Å². The Bertz CT molecular complexity index is 586. The molecule has 1 aliphatic carbocycles. The van der Waals surface area contributed by atoms with Gasteiger partial charge in [0.1, 0.15) is 0 Å². The number of nitrogens with zero attached hydrogens (tertiary/aromatic N) is 1. The molecule has 1 heterocycles. The summed E-state index contributed by atoms with van der Waals surface area (Å²) < 4.78 is 0. The summed E-state index contributed by atoms with van der Waals surface area (Å²) in [5.74, 6) is 0.0243. The van der Waals surface area contributed by atoms with Crippen LogP contribution in [0.5, 0.6) is 0 Å². The lowest BCUT2D eigenvalue weighted by Gasteiger charge is -2.32. The molecule has 1 aliphatic heterocycles. The van der Waals surface area contributed by atoms with Crippen LogP contribution in [0.3, 0.4) is 0 Å². The minimum absolute atomic E-state index is 0.0243. The first-order chi connectivity index (χ1) is 11.2. The summed E-state index contributed by atoms with van der Waals surface area (Å²) in [4.78, 5) is 26.3. The van der Waals surface area contributed by atoms with Gasteiger partial charge in [-0.3, -0.25) is 4.79 Å². The van der Waals surface area contributed by atoms with Crippen LogP contribution in [-0.2, 0) is 0 Å². The average molecular weight is 316 g/mol. The molecule has 3 amide bonds. The van der Waals surface area contributed by atoms with Crippen molar-refractivity contribution in [2.45, 2.75) is 37.8 Å². The lowest BCUT2D eigenvalue weighted by atomic mass is 10.0. The molecule has 0 bridgehead atoms. The topological polar surface area (TPSA) is 73.5 Å². The van der Waals surface area contributed by atoms with E-state index in [0.29, 0.717) is 23.3 Å². The number of hydrogen-bond donors (Lipinski definition) is 3. The van der Waals surface area contributed by atoms with Crippen molar-refractivity contribution in [3.05, 3.63) is 29.8 Å². The molecule has 0 radical (unpaired) electrons. The van der Waals surface area contributed by atoms with Crippen LogP contribution < -0.4 is 16.0 Å². The molecule has 0 aromatic heterocycles. The van der Waals surface area contributed by atoms with E-state index < -0.39 is 0 Å². The van der Waals surface area contributed by atoms with Crippen LogP contribution in [0, 0.1) is 0 Å². The minimum atomic E-state index is -0.203. The van der Waals surface area contributed by atoms with Crippen LogP contribution in [0.25, 0.3) is 0 Å². The second-order valence-electron chi connectivity index (χ2n) is 6.33. The summed E-state index contributed by atoms with van der Waals surface area (Å²) in [5, 5.41) is 8.92. The molecule has 23 heavy (non-hydrogen) atoms. The Kier molecular flexibility index (Phi) is 4.81. The lowest BCUT2D eigenvalue weighted by Crippen LogP contribution is -2.46. The van der Waals surface area contributed by atoms with E-state index in [1.54, 1.807) is 24.3 Å².